The fourth-order valence-electron chi connectivity index (χ4n) is 1.81. The van der Waals surface area contributed by atoms with Crippen LogP contribution >= 0.6 is 0 Å². The number of rotatable bonds is 2. The number of aliphatic hydroxyl groups is 1. The molecule has 1 aliphatic rings. The predicted molar refractivity (Wildman–Crippen MR) is 61.7 cm³/mol. The lowest BCUT2D eigenvalue weighted by Gasteiger charge is -2.13. The normalized spacial score (nSPS) is 12.4. The number of hydrogen-bond donors (Lipinski definition) is 1. The zero-order chi connectivity index (χ0) is 11.1. The minimum atomic E-state index is 0.535. The Morgan fingerprint density at radius 2 is 2.20 bits per heavy atom. The number of allylic oxidation sites excluding steroid dienone is 1. The Morgan fingerprint density at radius 1 is 1.40 bits per heavy atom. The molecule has 0 amide bonds. The predicted octanol–water partition coefficient (Wildman–Crippen LogP) is 2.00. The molecule has 1 aromatic carbocycles. The topological polar surface area (TPSA) is 37.3 Å². The number of aryl methyl sites for hydroxylation is 1. The van der Waals surface area contributed by atoms with Gasteiger partial charge in [0.1, 0.15) is 6.29 Å². The summed E-state index contributed by atoms with van der Waals surface area (Å²) in [6.45, 7) is 0. The summed E-state index contributed by atoms with van der Waals surface area (Å²) in [4.78, 5) is 10.4. The van der Waals surface area contributed by atoms with Crippen LogP contribution in [0.1, 0.15) is 23.1 Å². The molecule has 1 N–H and O–H groups in total. The highest BCUT2D eigenvalue weighted by atomic mass is 16.2. The summed E-state index contributed by atoms with van der Waals surface area (Å²) in [5.41, 5.74) is 3.80. The highest BCUT2D eigenvalue weighted by Gasteiger charge is 2.07. The van der Waals surface area contributed by atoms with E-state index in [9.17, 15) is 4.79 Å². The molecule has 80 valence electrons. The van der Waals surface area contributed by atoms with E-state index in [0.29, 0.717) is 6.42 Å². The number of benzene rings is 1. The number of carbonyl (C=O) groups is 1. The number of aliphatic hydroxyl groups excluding tert-OH is 1. The van der Waals surface area contributed by atoms with E-state index >= 15 is 0 Å². The van der Waals surface area contributed by atoms with Gasteiger partial charge in [-0.05, 0) is 29.5 Å². The van der Waals surface area contributed by atoms with Crippen molar-refractivity contribution in [2.45, 2.75) is 19.3 Å². The summed E-state index contributed by atoms with van der Waals surface area (Å²) in [6.07, 6.45) is 8.05. The lowest BCUT2D eigenvalue weighted by atomic mass is 9.92. The van der Waals surface area contributed by atoms with Gasteiger partial charge in [0.15, 0.2) is 0 Å². The third-order valence-electron chi connectivity index (χ3n) is 2.45. The van der Waals surface area contributed by atoms with Crippen LogP contribution in [0.5, 0.6) is 0 Å². The molecule has 2 rings (SSSR count). The molecule has 0 radical (unpaired) electrons. The molecule has 0 heterocycles. The molecule has 0 saturated heterocycles. The molecule has 0 fully saturated rings. The van der Waals surface area contributed by atoms with Crippen molar-refractivity contribution in [3.63, 3.8) is 0 Å². The van der Waals surface area contributed by atoms with E-state index in [4.69, 9.17) is 5.11 Å². The first-order chi connectivity index (χ1) is 7.42. The zero-order valence-electron chi connectivity index (χ0n) is 8.94. The quantitative estimate of drug-likeness (QED) is 0.748. The van der Waals surface area contributed by atoms with Gasteiger partial charge in [-0.15, -0.1) is 0 Å². The van der Waals surface area contributed by atoms with Gasteiger partial charge in [0, 0.05) is 13.5 Å². The Bertz CT molecular complexity index is 354. The fourth-order valence-corrected chi connectivity index (χ4v) is 1.81. The van der Waals surface area contributed by atoms with Crippen LogP contribution < -0.4 is 0 Å². The molecule has 0 atom stereocenters. The second kappa shape index (κ2) is 6.14. The molecule has 0 aliphatic heterocycles. The number of hydrogen-bond acceptors (Lipinski definition) is 2. The summed E-state index contributed by atoms with van der Waals surface area (Å²) in [6, 6.07) is 6.22. The molecule has 15 heavy (non-hydrogen) atoms. The van der Waals surface area contributed by atoms with Crippen LogP contribution in [0.2, 0.25) is 0 Å². The van der Waals surface area contributed by atoms with E-state index in [1.807, 2.05) is 12.1 Å². The van der Waals surface area contributed by atoms with Crippen LogP contribution in [0.4, 0.5) is 0 Å². The van der Waals surface area contributed by atoms with Gasteiger partial charge >= 0.3 is 0 Å². The molecule has 0 spiro atoms. The van der Waals surface area contributed by atoms with E-state index in [0.717, 1.165) is 31.8 Å². The minimum Gasteiger partial charge on any atom is -0.400 e. The largest absolute Gasteiger partial charge is 0.400 e. The molecule has 1 aliphatic carbocycles. The molecule has 0 unspecified atom stereocenters. The first kappa shape index (κ1) is 11.7. The number of carbonyl (C=O) groups excluding carboxylic acids is 1. The smallest absolute Gasteiger partial charge is 0.124 e. The number of fused-ring (bicyclic) bond motifs is 1. The van der Waals surface area contributed by atoms with Crippen molar-refractivity contribution in [3.05, 3.63) is 41.0 Å². The van der Waals surface area contributed by atoms with Gasteiger partial charge in [0.2, 0.25) is 0 Å². The minimum absolute atomic E-state index is 0.535. The molecular formula is C13H16O2. The third-order valence-corrected chi connectivity index (χ3v) is 2.45. The van der Waals surface area contributed by atoms with Crippen LogP contribution in [-0.4, -0.2) is 18.5 Å². The Labute approximate surface area is 90.3 Å². The Kier molecular flexibility index (Phi) is 4.78. The molecule has 0 bridgehead atoms. The Morgan fingerprint density at radius 3 is 2.93 bits per heavy atom. The SMILES string of the molecule is CO.O=CCc1cccc2c1C=CCC2. The van der Waals surface area contributed by atoms with Crippen molar-refractivity contribution in [1.29, 1.82) is 0 Å². The van der Waals surface area contributed by atoms with Crippen LogP contribution in [0.25, 0.3) is 6.08 Å². The van der Waals surface area contributed by atoms with Gasteiger partial charge in [0.05, 0.1) is 0 Å². The average Bonchev–Trinajstić information content (AvgIpc) is 2.33. The van der Waals surface area contributed by atoms with Gasteiger partial charge in [-0.3, -0.25) is 0 Å². The average molecular weight is 204 g/mol. The van der Waals surface area contributed by atoms with Gasteiger partial charge in [-0.2, -0.15) is 0 Å². The maximum Gasteiger partial charge on any atom is 0.124 e. The van der Waals surface area contributed by atoms with Crippen molar-refractivity contribution in [3.8, 4) is 0 Å². The summed E-state index contributed by atoms with van der Waals surface area (Å²) < 4.78 is 0. The standard InChI is InChI=1S/C12H12O.CH4O/c13-9-8-11-6-3-5-10-4-1-2-7-12(10)11;1-2/h2-3,5-7,9H,1,4,8H2;2H,1H3. The molecule has 1 aromatic rings. The van der Waals surface area contributed by atoms with Crippen molar-refractivity contribution >= 4 is 12.4 Å². The summed E-state index contributed by atoms with van der Waals surface area (Å²) in [7, 11) is 1.00. The third kappa shape index (κ3) is 2.77. The summed E-state index contributed by atoms with van der Waals surface area (Å²) >= 11 is 0. The first-order valence-electron chi connectivity index (χ1n) is 5.07. The van der Waals surface area contributed by atoms with Crippen LogP contribution in [-0.2, 0) is 17.6 Å². The molecule has 2 heteroatoms. The highest BCUT2D eigenvalue weighted by molar-refractivity contribution is 5.65. The zero-order valence-corrected chi connectivity index (χ0v) is 8.94. The van der Waals surface area contributed by atoms with E-state index in [-0.39, 0.29) is 0 Å². The van der Waals surface area contributed by atoms with Crippen molar-refractivity contribution < 1.29 is 9.90 Å². The number of aldehydes is 1. The second-order valence-corrected chi connectivity index (χ2v) is 3.30. The van der Waals surface area contributed by atoms with Crippen molar-refractivity contribution in [1.82, 2.24) is 0 Å². The molecule has 0 saturated carbocycles. The van der Waals surface area contributed by atoms with Crippen LogP contribution in [0.3, 0.4) is 0 Å². The molecule has 2 nitrogen and oxygen atoms in total. The van der Waals surface area contributed by atoms with E-state index < -0.39 is 0 Å². The Hall–Kier alpha value is -1.41. The van der Waals surface area contributed by atoms with E-state index in [1.165, 1.54) is 11.1 Å². The van der Waals surface area contributed by atoms with E-state index in [2.05, 4.69) is 18.2 Å². The van der Waals surface area contributed by atoms with Gasteiger partial charge in [0.25, 0.3) is 0 Å². The van der Waals surface area contributed by atoms with Crippen molar-refractivity contribution in [2.75, 3.05) is 7.11 Å². The maximum absolute atomic E-state index is 10.4. The second-order valence-electron chi connectivity index (χ2n) is 3.30. The van der Waals surface area contributed by atoms with Crippen LogP contribution in [0.15, 0.2) is 24.3 Å². The summed E-state index contributed by atoms with van der Waals surface area (Å²) in [5, 5.41) is 7.00. The first-order valence-corrected chi connectivity index (χ1v) is 5.07. The van der Waals surface area contributed by atoms with E-state index in [1.54, 1.807) is 0 Å². The Balaban J connectivity index is 0.000000531. The van der Waals surface area contributed by atoms with Crippen molar-refractivity contribution in [2.24, 2.45) is 0 Å². The van der Waals surface area contributed by atoms with Crippen LogP contribution in [0, 0.1) is 0 Å². The lowest BCUT2D eigenvalue weighted by molar-refractivity contribution is -0.107. The lowest BCUT2D eigenvalue weighted by Crippen LogP contribution is -1.99. The molecular weight excluding hydrogens is 188 g/mol. The van der Waals surface area contributed by atoms with Gasteiger partial charge in [-0.1, -0.05) is 30.4 Å². The van der Waals surface area contributed by atoms with Gasteiger partial charge in [-0.25, -0.2) is 0 Å². The monoisotopic (exact) mass is 204 g/mol. The summed E-state index contributed by atoms with van der Waals surface area (Å²) in [5.74, 6) is 0. The fraction of sp³-hybridized carbons (Fsp3) is 0.308. The maximum atomic E-state index is 10.4. The molecule has 0 aromatic heterocycles. The van der Waals surface area contributed by atoms with Gasteiger partial charge < -0.3 is 9.90 Å². The highest BCUT2D eigenvalue weighted by Crippen LogP contribution is 2.22.